The van der Waals surface area contributed by atoms with Crippen LogP contribution in [0.3, 0.4) is 0 Å². The zero-order valence-electron chi connectivity index (χ0n) is 17.2. The minimum atomic E-state index is 0.189. The van der Waals surface area contributed by atoms with E-state index in [1.807, 2.05) is 24.1 Å². The highest BCUT2D eigenvalue weighted by Gasteiger charge is 2.44. The minimum Gasteiger partial charge on any atom is -0.372 e. The van der Waals surface area contributed by atoms with Crippen molar-refractivity contribution in [3.05, 3.63) is 29.8 Å². The summed E-state index contributed by atoms with van der Waals surface area (Å²) in [5.74, 6) is 1.80. The predicted molar refractivity (Wildman–Crippen MR) is 111 cm³/mol. The summed E-state index contributed by atoms with van der Waals surface area (Å²) >= 11 is 0. The molecule has 0 N–H and O–H groups in total. The fourth-order valence-corrected chi connectivity index (χ4v) is 5.63. The molecule has 4 nitrogen and oxygen atoms in total. The summed E-state index contributed by atoms with van der Waals surface area (Å²) in [6.45, 7) is 2.29. The standard InChI is InChI=1S/C23H35N3O/c1-24(2)21-13-18-15-22(16-19(18)14-21)25(3)23(27)17-7-9-20(10-8-17)26-11-5-4-6-12-26/h7-10,18-19,21-22H,4-6,11-16H2,1-3H3/t18-,19+,21?,22?. The quantitative estimate of drug-likeness (QED) is 0.806. The number of piperidine rings is 1. The number of carbonyl (C=O) groups is 1. The SMILES string of the molecule is CN(C)C1C[C@@H]2CC(N(C)C(=O)c3ccc(N4CCCCC4)cc3)C[C@@H]2C1. The Kier molecular flexibility index (Phi) is 5.45. The largest absolute Gasteiger partial charge is 0.372 e. The van der Waals surface area contributed by atoms with E-state index in [1.165, 1.54) is 50.6 Å². The average Bonchev–Trinajstić information content (AvgIpc) is 3.27. The Bertz CT molecular complexity index is 636. The van der Waals surface area contributed by atoms with Crippen molar-refractivity contribution in [2.24, 2.45) is 11.8 Å². The molecule has 4 heteroatoms. The first-order valence-corrected chi connectivity index (χ1v) is 10.8. The maximum atomic E-state index is 13.0. The summed E-state index contributed by atoms with van der Waals surface area (Å²) in [6.07, 6.45) is 8.88. The van der Waals surface area contributed by atoms with Crippen LogP contribution >= 0.6 is 0 Å². The Morgan fingerprint density at radius 3 is 1.96 bits per heavy atom. The molecule has 2 saturated carbocycles. The van der Waals surface area contributed by atoms with E-state index in [1.54, 1.807) is 0 Å². The topological polar surface area (TPSA) is 26.8 Å². The summed E-state index contributed by atoms with van der Waals surface area (Å²) < 4.78 is 0. The van der Waals surface area contributed by atoms with Crippen LogP contribution in [0.4, 0.5) is 5.69 Å². The van der Waals surface area contributed by atoms with Gasteiger partial charge in [-0.05, 0) is 95.1 Å². The number of hydrogen-bond donors (Lipinski definition) is 0. The molecule has 0 radical (unpaired) electrons. The third-order valence-electron chi connectivity index (χ3n) is 7.40. The Morgan fingerprint density at radius 1 is 0.852 bits per heavy atom. The van der Waals surface area contributed by atoms with Crippen molar-refractivity contribution in [3.63, 3.8) is 0 Å². The molecule has 3 aliphatic rings. The lowest BCUT2D eigenvalue weighted by atomic mass is 10.0. The van der Waals surface area contributed by atoms with Crippen LogP contribution in [0.15, 0.2) is 24.3 Å². The minimum absolute atomic E-state index is 0.189. The maximum Gasteiger partial charge on any atom is 0.253 e. The molecule has 2 aliphatic carbocycles. The molecule has 1 aromatic rings. The van der Waals surface area contributed by atoms with Crippen LogP contribution in [-0.2, 0) is 0 Å². The van der Waals surface area contributed by atoms with Crippen molar-refractivity contribution < 1.29 is 4.79 Å². The van der Waals surface area contributed by atoms with Gasteiger partial charge in [-0.15, -0.1) is 0 Å². The van der Waals surface area contributed by atoms with Crippen LogP contribution < -0.4 is 4.90 Å². The van der Waals surface area contributed by atoms with Crippen LogP contribution in [0.1, 0.15) is 55.3 Å². The van der Waals surface area contributed by atoms with Crippen molar-refractivity contribution in [3.8, 4) is 0 Å². The first-order chi connectivity index (χ1) is 13.0. The van der Waals surface area contributed by atoms with Crippen molar-refractivity contribution in [2.45, 2.75) is 57.0 Å². The molecule has 0 aromatic heterocycles. The molecule has 1 amide bonds. The molecule has 148 valence electrons. The van der Waals surface area contributed by atoms with E-state index >= 15 is 0 Å². The van der Waals surface area contributed by atoms with E-state index in [0.29, 0.717) is 6.04 Å². The Labute approximate surface area is 164 Å². The van der Waals surface area contributed by atoms with E-state index in [9.17, 15) is 4.79 Å². The van der Waals surface area contributed by atoms with Crippen LogP contribution in [0.5, 0.6) is 0 Å². The Hall–Kier alpha value is -1.55. The maximum absolute atomic E-state index is 13.0. The van der Waals surface area contributed by atoms with E-state index in [2.05, 4.69) is 36.0 Å². The summed E-state index contributed by atoms with van der Waals surface area (Å²) in [7, 11) is 6.41. The lowest BCUT2D eigenvalue weighted by Crippen LogP contribution is -2.36. The highest BCUT2D eigenvalue weighted by Crippen LogP contribution is 2.46. The Balaban J connectivity index is 1.36. The van der Waals surface area contributed by atoms with Crippen LogP contribution in [0.25, 0.3) is 0 Å². The number of hydrogen-bond acceptors (Lipinski definition) is 3. The fourth-order valence-electron chi connectivity index (χ4n) is 5.63. The second-order valence-electron chi connectivity index (χ2n) is 9.24. The van der Waals surface area contributed by atoms with Gasteiger partial charge in [0.1, 0.15) is 0 Å². The molecular formula is C23H35N3O. The molecule has 27 heavy (non-hydrogen) atoms. The zero-order valence-corrected chi connectivity index (χ0v) is 17.2. The molecule has 0 bridgehead atoms. The third kappa shape index (κ3) is 3.87. The monoisotopic (exact) mass is 369 g/mol. The number of nitrogens with zero attached hydrogens (tertiary/aromatic N) is 3. The summed E-state index contributed by atoms with van der Waals surface area (Å²) in [5.41, 5.74) is 2.10. The predicted octanol–water partition coefficient (Wildman–Crippen LogP) is 3.87. The van der Waals surface area contributed by atoms with Gasteiger partial charge >= 0.3 is 0 Å². The van der Waals surface area contributed by atoms with E-state index in [0.717, 1.165) is 36.5 Å². The molecule has 0 spiro atoms. The van der Waals surface area contributed by atoms with Gasteiger partial charge in [0, 0.05) is 43.5 Å². The smallest absolute Gasteiger partial charge is 0.253 e. The number of anilines is 1. The lowest BCUT2D eigenvalue weighted by Gasteiger charge is -2.29. The van der Waals surface area contributed by atoms with Crippen molar-refractivity contribution >= 4 is 11.6 Å². The normalized spacial score (nSPS) is 30.6. The van der Waals surface area contributed by atoms with Gasteiger partial charge in [-0.25, -0.2) is 0 Å². The first-order valence-electron chi connectivity index (χ1n) is 10.8. The van der Waals surface area contributed by atoms with Gasteiger partial charge in [0.05, 0.1) is 0 Å². The van der Waals surface area contributed by atoms with Crippen LogP contribution in [0.2, 0.25) is 0 Å². The van der Waals surface area contributed by atoms with Crippen molar-refractivity contribution in [1.29, 1.82) is 0 Å². The molecule has 1 aliphatic heterocycles. The highest BCUT2D eigenvalue weighted by atomic mass is 16.2. The van der Waals surface area contributed by atoms with Crippen LogP contribution in [0, 0.1) is 11.8 Å². The van der Waals surface area contributed by atoms with E-state index in [4.69, 9.17) is 0 Å². The summed E-state index contributed by atoms with van der Waals surface area (Å²) in [4.78, 5) is 19.9. The zero-order chi connectivity index (χ0) is 19.0. The van der Waals surface area contributed by atoms with Gasteiger partial charge in [0.2, 0.25) is 0 Å². The Morgan fingerprint density at radius 2 is 1.41 bits per heavy atom. The van der Waals surface area contributed by atoms with E-state index < -0.39 is 0 Å². The van der Waals surface area contributed by atoms with Crippen molar-refractivity contribution in [1.82, 2.24) is 9.80 Å². The molecule has 1 heterocycles. The van der Waals surface area contributed by atoms with Crippen LogP contribution in [-0.4, -0.2) is 62.0 Å². The number of carbonyl (C=O) groups excluding carboxylic acids is 1. The van der Waals surface area contributed by atoms with Crippen molar-refractivity contribution in [2.75, 3.05) is 39.1 Å². The summed E-state index contributed by atoms with van der Waals surface area (Å²) in [6, 6.07) is 9.48. The number of benzene rings is 1. The summed E-state index contributed by atoms with van der Waals surface area (Å²) in [5, 5.41) is 0. The molecule has 1 saturated heterocycles. The molecule has 4 atom stereocenters. The number of amides is 1. The fraction of sp³-hybridized carbons (Fsp3) is 0.696. The highest BCUT2D eigenvalue weighted by molar-refractivity contribution is 5.94. The third-order valence-corrected chi connectivity index (χ3v) is 7.40. The van der Waals surface area contributed by atoms with Gasteiger partial charge < -0.3 is 14.7 Å². The molecule has 4 rings (SSSR count). The number of fused-ring (bicyclic) bond motifs is 1. The molecule has 3 fully saturated rings. The lowest BCUT2D eigenvalue weighted by molar-refractivity contribution is 0.0726. The molecular weight excluding hydrogens is 334 g/mol. The second kappa shape index (κ2) is 7.83. The van der Waals surface area contributed by atoms with E-state index in [-0.39, 0.29) is 5.91 Å². The second-order valence-corrected chi connectivity index (χ2v) is 9.24. The van der Waals surface area contributed by atoms with Gasteiger partial charge in [0.15, 0.2) is 0 Å². The molecule has 1 aromatic carbocycles. The number of rotatable bonds is 4. The van der Waals surface area contributed by atoms with Gasteiger partial charge in [-0.2, -0.15) is 0 Å². The van der Waals surface area contributed by atoms with Gasteiger partial charge in [-0.1, -0.05) is 0 Å². The van der Waals surface area contributed by atoms with Gasteiger partial charge in [-0.3, -0.25) is 4.79 Å². The van der Waals surface area contributed by atoms with Gasteiger partial charge in [0.25, 0.3) is 5.91 Å². The molecule has 2 unspecified atom stereocenters. The first kappa shape index (κ1) is 18.8. The average molecular weight is 370 g/mol.